The number of rotatable bonds is 0. The van der Waals surface area contributed by atoms with Crippen molar-refractivity contribution in [2.75, 3.05) is 5.32 Å². The zero-order chi connectivity index (χ0) is 13.8. The highest BCUT2D eigenvalue weighted by molar-refractivity contribution is 5.89. The fourth-order valence-electron chi connectivity index (χ4n) is 3.73. The maximum Gasteiger partial charge on any atom is 0.0623 e. The largest absolute Gasteiger partial charge is 0.377 e. The van der Waals surface area contributed by atoms with Gasteiger partial charge in [-0.05, 0) is 39.6 Å². The molecule has 0 radical (unpaired) electrons. The molecule has 1 aliphatic heterocycles. The first-order chi connectivity index (χ1) is 10.4. The van der Waals surface area contributed by atoms with Gasteiger partial charge < -0.3 is 5.32 Å². The molecule has 2 unspecified atom stereocenters. The summed E-state index contributed by atoms with van der Waals surface area (Å²) in [5.74, 6) is 0.444. The van der Waals surface area contributed by atoms with E-state index in [1.807, 2.05) is 0 Å². The standard InChI is InChI=1S/C20H15N/c1-2-7-15-12-19-18(11-14(15)6-1)17-10-9-13-5-3-4-8-16(13)20(17)21-19/h1-12,17,20-21H. The van der Waals surface area contributed by atoms with Crippen LogP contribution >= 0.6 is 0 Å². The van der Waals surface area contributed by atoms with Crippen molar-refractivity contribution in [3.05, 3.63) is 83.4 Å². The van der Waals surface area contributed by atoms with Crippen molar-refractivity contribution >= 4 is 22.5 Å². The number of hydrogen-bond donors (Lipinski definition) is 1. The summed E-state index contributed by atoms with van der Waals surface area (Å²) in [6, 6.07) is 22.3. The minimum atomic E-state index is 0.373. The number of fused-ring (bicyclic) bond motifs is 6. The van der Waals surface area contributed by atoms with E-state index < -0.39 is 0 Å². The van der Waals surface area contributed by atoms with Crippen LogP contribution in [-0.4, -0.2) is 0 Å². The van der Waals surface area contributed by atoms with E-state index in [1.54, 1.807) is 0 Å². The van der Waals surface area contributed by atoms with E-state index in [1.165, 1.54) is 33.2 Å². The predicted molar refractivity (Wildman–Crippen MR) is 88.5 cm³/mol. The molecule has 1 heteroatoms. The molecule has 0 amide bonds. The van der Waals surface area contributed by atoms with Gasteiger partial charge in [-0.3, -0.25) is 0 Å². The summed E-state index contributed by atoms with van der Waals surface area (Å²) in [6.45, 7) is 0. The van der Waals surface area contributed by atoms with Crippen molar-refractivity contribution in [2.45, 2.75) is 12.0 Å². The maximum absolute atomic E-state index is 3.73. The zero-order valence-electron chi connectivity index (χ0n) is 11.6. The van der Waals surface area contributed by atoms with E-state index in [9.17, 15) is 0 Å². The third kappa shape index (κ3) is 1.52. The second kappa shape index (κ2) is 3.98. The van der Waals surface area contributed by atoms with Crippen molar-refractivity contribution in [1.29, 1.82) is 0 Å². The Balaban J connectivity index is 1.72. The lowest BCUT2D eigenvalue weighted by atomic mass is 9.83. The molecule has 0 saturated carbocycles. The molecule has 0 fully saturated rings. The first-order valence-electron chi connectivity index (χ1n) is 7.46. The summed E-state index contributed by atoms with van der Waals surface area (Å²) in [7, 11) is 0. The van der Waals surface area contributed by atoms with E-state index in [4.69, 9.17) is 0 Å². The Bertz CT molecular complexity index is 891. The molecule has 3 aromatic carbocycles. The summed E-state index contributed by atoms with van der Waals surface area (Å²) in [5, 5.41) is 6.36. The van der Waals surface area contributed by atoms with Crippen LogP contribution in [0.5, 0.6) is 0 Å². The third-order valence-electron chi connectivity index (χ3n) is 4.76. The van der Waals surface area contributed by atoms with Gasteiger partial charge in [0.1, 0.15) is 0 Å². The smallest absolute Gasteiger partial charge is 0.0623 e. The van der Waals surface area contributed by atoms with Gasteiger partial charge in [-0.2, -0.15) is 0 Å². The van der Waals surface area contributed by atoms with Crippen LogP contribution in [0, 0.1) is 0 Å². The van der Waals surface area contributed by atoms with Gasteiger partial charge in [0.25, 0.3) is 0 Å². The molecule has 1 heterocycles. The van der Waals surface area contributed by atoms with E-state index in [0.717, 1.165) is 0 Å². The van der Waals surface area contributed by atoms with Crippen LogP contribution in [0.2, 0.25) is 0 Å². The van der Waals surface area contributed by atoms with Crippen molar-refractivity contribution in [3.8, 4) is 0 Å². The second-order valence-electron chi connectivity index (χ2n) is 5.92. The van der Waals surface area contributed by atoms with E-state index in [2.05, 4.69) is 78.1 Å². The lowest BCUT2D eigenvalue weighted by Crippen LogP contribution is -2.14. The maximum atomic E-state index is 3.73. The Kier molecular flexibility index (Phi) is 2.12. The Hall–Kier alpha value is -2.54. The monoisotopic (exact) mass is 269 g/mol. The van der Waals surface area contributed by atoms with Crippen LogP contribution in [0.1, 0.15) is 28.7 Å². The van der Waals surface area contributed by atoms with Crippen molar-refractivity contribution in [2.24, 2.45) is 0 Å². The second-order valence-corrected chi connectivity index (χ2v) is 5.92. The van der Waals surface area contributed by atoms with Crippen LogP contribution in [-0.2, 0) is 0 Å². The molecule has 5 rings (SSSR count). The molecule has 0 bridgehead atoms. The summed E-state index contributed by atoms with van der Waals surface area (Å²) in [6.07, 6.45) is 4.61. The SMILES string of the molecule is C1=CC2c3cc4ccccc4cc3NC2c2ccccc21. The first-order valence-corrected chi connectivity index (χ1v) is 7.46. The van der Waals surface area contributed by atoms with Gasteiger partial charge in [0.15, 0.2) is 0 Å². The molecule has 1 aliphatic carbocycles. The summed E-state index contributed by atoms with van der Waals surface area (Å²) >= 11 is 0. The van der Waals surface area contributed by atoms with Gasteiger partial charge in [-0.15, -0.1) is 0 Å². The van der Waals surface area contributed by atoms with Crippen LogP contribution in [0.3, 0.4) is 0 Å². The highest BCUT2D eigenvalue weighted by atomic mass is 15.0. The topological polar surface area (TPSA) is 12.0 Å². The van der Waals surface area contributed by atoms with Gasteiger partial charge in [-0.1, -0.05) is 60.7 Å². The molecule has 0 aromatic heterocycles. The minimum Gasteiger partial charge on any atom is -0.377 e. The first kappa shape index (κ1) is 11.2. The molecule has 2 aliphatic rings. The van der Waals surface area contributed by atoms with Gasteiger partial charge in [0, 0.05) is 11.6 Å². The predicted octanol–water partition coefficient (Wildman–Crippen LogP) is 5.12. The van der Waals surface area contributed by atoms with Crippen molar-refractivity contribution < 1.29 is 0 Å². The van der Waals surface area contributed by atoms with Crippen LogP contribution < -0.4 is 5.32 Å². The van der Waals surface area contributed by atoms with E-state index in [0.29, 0.717) is 12.0 Å². The number of nitrogens with one attached hydrogen (secondary N) is 1. The quantitative estimate of drug-likeness (QED) is 0.597. The molecule has 2 atom stereocenters. The van der Waals surface area contributed by atoms with E-state index >= 15 is 0 Å². The lowest BCUT2D eigenvalue weighted by Gasteiger charge is -2.24. The number of anilines is 1. The average molecular weight is 269 g/mol. The molecular weight excluding hydrogens is 254 g/mol. The zero-order valence-corrected chi connectivity index (χ0v) is 11.6. The van der Waals surface area contributed by atoms with Gasteiger partial charge in [0.2, 0.25) is 0 Å². The molecular formula is C20H15N. The summed E-state index contributed by atoms with van der Waals surface area (Å²) < 4.78 is 0. The molecule has 1 nitrogen and oxygen atoms in total. The molecule has 21 heavy (non-hydrogen) atoms. The fourth-order valence-corrected chi connectivity index (χ4v) is 3.73. The van der Waals surface area contributed by atoms with Crippen LogP contribution in [0.25, 0.3) is 16.8 Å². The van der Waals surface area contributed by atoms with Crippen molar-refractivity contribution in [1.82, 2.24) is 0 Å². The lowest BCUT2D eigenvalue weighted by molar-refractivity contribution is 0.727. The van der Waals surface area contributed by atoms with Gasteiger partial charge >= 0.3 is 0 Å². The van der Waals surface area contributed by atoms with Crippen LogP contribution in [0.4, 0.5) is 5.69 Å². The fraction of sp³-hybridized carbons (Fsp3) is 0.100. The highest BCUT2D eigenvalue weighted by Crippen LogP contribution is 2.49. The Morgan fingerprint density at radius 1 is 0.762 bits per heavy atom. The molecule has 3 aromatic rings. The summed E-state index contributed by atoms with van der Waals surface area (Å²) in [4.78, 5) is 0. The van der Waals surface area contributed by atoms with Gasteiger partial charge in [0.05, 0.1) is 6.04 Å². The summed E-state index contributed by atoms with van der Waals surface area (Å²) in [5.41, 5.74) is 5.45. The van der Waals surface area contributed by atoms with Crippen LogP contribution in [0.15, 0.2) is 66.7 Å². The molecule has 100 valence electrons. The molecule has 1 N–H and O–H groups in total. The third-order valence-corrected chi connectivity index (χ3v) is 4.76. The van der Waals surface area contributed by atoms with Crippen molar-refractivity contribution in [3.63, 3.8) is 0 Å². The number of hydrogen-bond acceptors (Lipinski definition) is 1. The highest BCUT2D eigenvalue weighted by Gasteiger charge is 2.34. The molecule has 0 saturated heterocycles. The minimum absolute atomic E-state index is 0.373. The average Bonchev–Trinajstić information content (AvgIpc) is 2.90. The Morgan fingerprint density at radius 2 is 1.52 bits per heavy atom. The molecule has 0 spiro atoms. The number of benzene rings is 3. The normalized spacial score (nSPS) is 21.5. The van der Waals surface area contributed by atoms with Gasteiger partial charge in [-0.25, -0.2) is 0 Å². The Labute approximate surface area is 123 Å². The Morgan fingerprint density at radius 3 is 2.43 bits per heavy atom. The van der Waals surface area contributed by atoms with E-state index in [-0.39, 0.29) is 0 Å².